The van der Waals surface area contributed by atoms with E-state index in [2.05, 4.69) is 15.9 Å². The molecule has 0 amide bonds. The van der Waals surface area contributed by atoms with E-state index in [9.17, 15) is 13.2 Å². The first-order valence-electron chi connectivity index (χ1n) is 6.31. The molecule has 1 aromatic carbocycles. The van der Waals surface area contributed by atoms with Gasteiger partial charge in [0.25, 0.3) is 0 Å². The van der Waals surface area contributed by atoms with Crippen LogP contribution >= 0.6 is 15.9 Å². The molecule has 0 aliphatic carbocycles. The highest BCUT2D eigenvalue weighted by Gasteiger charge is 2.32. The van der Waals surface area contributed by atoms with Gasteiger partial charge in [0.2, 0.25) is 10.0 Å². The highest BCUT2D eigenvalue weighted by atomic mass is 79.9. The van der Waals surface area contributed by atoms with E-state index >= 15 is 0 Å². The Morgan fingerprint density at radius 2 is 1.95 bits per heavy atom. The molecule has 110 valence electrons. The molecule has 5 nitrogen and oxygen atoms in total. The molecule has 1 aliphatic heterocycles. The Balaban J connectivity index is 2.22. The highest BCUT2D eigenvalue weighted by Crippen LogP contribution is 2.29. The van der Waals surface area contributed by atoms with Gasteiger partial charge in [-0.2, -0.15) is 4.31 Å². The number of sulfonamides is 1. The fraction of sp³-hybridized carbons (Fsp3) is 0.462. The molecular weight excluding hydrogens is 346 g/mol. The standard InChI is InChI=1S/C13H16BrNO4S/c1-9-2-3-12(11(14)8-9)20(18,19)15-6-4-10(5-7-15)13(16)17/h2-3,8,10H,4-7H2,1H3,(H,16,17). The lowest BCUT2D eigenvalue weighted by Gasteiger charge is -2.29. The van der Waals surface area contributed by atoms with Crippen molar-refractivity contribution in [3.05, 3.63) is 28.2 Å². The molecule has 1 N–H and O–H groups in total. The van der Waals surface area contributed by atoms with E-state index < -0.39 is 21.9 Å². The van der Waals surface area contributed by atoms with Gasteiger partial charge in [-0.1, -0.05) is 6.07 Å². The van der Waals surface area contributed by atoms with Gasteiger partial charge in [0.15, 0.2) is 0 Å². The van der Waals surface area contributed by atoms with Crippen molar-refractivity contribution in [2.24, 2.45) is 5.92 Å². The van der Waals surface area contributed by atoms with Crippen LogP contribution in [0.15, 0.2) is 27.6 Å². The van der Waals surface area contributed by atoms with Crippen LogP contribution in [0.4, 0.5) is 0 Å². The number of aryl methyl sites for hydroxylation is 1. The zero-order chi connectivity index (χ0) is 14.9. The highest BCUT2D eigenvalue weighted by molar-refractivity contribution is 9.10. The van der Waals surface area contributed by atoms with Gasteiger partial charge in [0.1, 0.15) is 0 Å². The van der Waals surface area contributed by atoms with Crippen LogP contribution < -0.4 is 0 Å². The molecule has 0 unspecified atom stereocenters. The molecule has 1 fully saturated rings. The number of aliphatic carboxylic acids is 1. The molecule has 1 aliphatic rings. The summed E-state index contributed by atoms with van der Waals surface area (Å²) in [5, 5.41) is 8.94. The van der Waals surface area contributed by atoms with Gasteiger partial charge in [-0.15, -0.1) is 0 Å². The Kier molecular flexibility index (Phi) is 4.51. The summed E-state index contributed by atoms with van der Waals surface area (Å²) in [6, 6.07) is 5.09. The van der Waals surface area contributed by atoms with Crippen molar-refractivity contribution in [1.82, 2.24) is 4.31 Å². The molecule has 0 bridgehead atoms. The molecule has 0 saturated carbocycles. The Morgan fingerprint density at radius 3 is 2.45 bits per heavy atom. The third-order valence-corrected chi connectivity index (χ3v) is 6.38. The first-order chi connectivity index (χ1) is 9.32. The zero-order valence-electron chi connectivity index (χ0n) is 11.0. The summed E-state index contributed by atoms with van der Waals surface area (Å²) in [5.41, 5.74) is 0.973. The number of benzene rings is 1. The zero-order valence-corrected chi connectivity index (χ0v) is 13.4. The maximum absolute atomic E-state index is 12.5. The van der Waals surface area contributed by atoms with Gasteiger partial charge in [-0.3, -0.25) is 4.79 Å². The van der Waals surface area contributed by atoms with Crippen LogP contribution in [0.25, 0.3) is 0 Å². The van der Waals surface area contributed by atoms with Crippen LogP contribution in [0.3, 0.4) is 0 Å². The van der Waals surface area contributed by atoms with Crippen molar-refractivity contribution in [1.29, 1.82) is 0 Å². The van der Waals surface area contributed by atoms with E-state index in [4.69, 9.17) is 5.11 Å². The number of hydrogen-bond donors (Lipinski definition) is 1. The van der Waals surface area contributed by atoms with Crippen molar-refractivity contribution in [2.45, 2.75) is 24.7 Å². The maximum Gasteiger partial charge on any atom is 0.306 e. The first-order valence-corrected chi connectivity index (χ1v) is 8.55. The van der Waals surface area contributed by atoms with Crippen LogP contribution in [0.5, 0.6) is 0 Å². The molecule has 7 heteroatoms. The topological polar surface area (TPSA) is 74.7 Å². The Labute approximate surface area is 126 Å². The minimum atomic E-state index is -3.57. The number of hydrogen-bond acceptors (Lipinski definition) is 3. The van der Waals surface area contributed by atoms with Gasteiger partial charge < -0.3 is 5.11 Å². The van der Waals surface area contributed by atoms with Gasteiger partial charge in [-0.05, 0) is 53.4 Å². The average Bonchev–Trinajstić information content (AvgIpc) is 2.38. The molecule has 0 radical (unpaired) electrons. The second-order valence-electron chi connectivity index (χ2n) is 4.95. The van der Waals surface area contributed by atoms with E-state index in [-0.39, 0.29) is 18.0 Å². The van der Waals surface area contributed by atoms with Crippen LogP contribution in [-0.4, -0.2) is 36.9 Å². The number of carboxylic acids is 1. The number of rotatable bonds is 3. The third kappa shape index (κ3) is 3.05. The molecular formula is C13H16BrNO4S. The second-order valence-corrected chi connectivity index (χ2v) is 7.71. The summed E-state index contributed by atoms with van der Waals surface area (Å²) < 4.78 is 27.0. The van der Waals surface area contributed by atoms with E-state index in [0.29, 0.717) is 17.3 Å². The molecule has 2 rings (SSSR count). The van der Waals surface area contributed by atoms with Crippen LogP contribution in [0.2, 0.25) is 0 Å². The van der Waals surface area contributed by atoms with Gasteiger partial charge >= 0.3 is 5.97 Å². The summed E-state index contributed by atoms with van der Waals surface area (Å²) in [6.07, 6.45) is 0.718. The Bertz CT molecular complexity index is 621. The SMILES string of the molecule is Cc1ccc(S(=O)(=O)N2CCC(C(=O)O)CC2)c(Br)c1. The molecule has 20 heavy (non-hydrogen) atoms. The van der Waals surface area contributed by atoms with Crippen LogP contribution in [-0.2, 0) is 14.8 Å². The van der Waals surface area contributed by atoms with Gasteiger partial charge in [0.05, 0.1) is 10.8 Å². The molecule has 1 heterocycles. The summed E-state index contributed by atoms with van der Waals surface area (Å²) >= 11 is 3.28. The normalized spacial score (nSPS) is 18.1. The fourth-order valence-corrected chi connectivity index (χ4v) is 4.92. The molecule has 0 atom stereocenters. The summed E-state index contributed by atoms with van der Waals surface area (Å²) in [7, 11) is -3.57. The predicted molar refractivity (Wildman–Crippen MR) is 78.0 cm³/mol. The molecule has 1 aromatic rings. The summed E-state index contributed by atoms with van der Waals surface area (Å²) in [4.78, 5) is 11.1. The van der Waals surface area contributed by atoms with Crippen molar-refractivity contribution >= 4 is 31.9 Å². The third-order valence-electron chi connectivity index (χ3n) is 3.51. The van der Waals surface area contributed by atoms with E-state index in [1.165, 1.54) is 4.31 Å². The van der Waals surface area contributed by atoms with Crippen LogP contribution in [0, 0.1) is 12.8 Å². The number of carboxylic acid groups (broad SMARTS) is 1. The number of carbonyl (C=O) groups is 1. The first kappa shape index (κ1) is 15.5. The smallest absolute Gasteiger partial charge is 0.306 e. The number of halogens is 1. The molecule has 1 saturated heterocycles. The lowest BCUT2D eigenvalue weighted by molar-refractivity contribution is -0.142. The maximum atomic E-state index is 12.5. The van der Waals surface area contributed by atoms with Crippen molar-refractivity contribution in [2.75, 3.05) is 13.1 Å². The van der Waals surface area contributed by atoms with Crippen LogP contribution in [0.1, 0.15) is 18.4 Å². The minimum absolute atomic E-state index is 0.233. The summed E-state index contributed by atoms with van der Waals surface area (Å²) in [5.74, 6) is -1.29. The van der Waals surface area contributed by atoms with Gasteiger partial charge in [0, 0.05) is 17.6 Å². The quantitative estimate of drug-likeness (QED) is 0.895. The minimum Gasteiger partial charge on any atom is -0.481 e. The van der Waals surface area contributed by atoms with Crippen molar-refractivity contribution in [3.8, 4) is 0 Å². The average molecular weight is 362 g/mol. The van der Waals surface area contributed by atoms with Crippen molar-refractivity contribution in [3.63, 3.8) is 0 Å². The number of nitrogens with zero attached hydrogens (tertiary/aromatic N) is 1. The Morgan fingerprint density at radius 1 is 1.35 bits per heavy atom. The summed E-state index contributed by atoms with van der Waals surface area (Å²) in [6.45, 7) is 2.39. The monoisotopic (exact) mass is 361 g/mol. The van der Waals surface area contributed by atoms with E-state index in [1.54, 1.807) is 18.2 Å². The lowest BCUT2D eigenvalue weighted by Crippen LogP contribution is -2.40. The largest absolute Gasteiger partial charge is 0.481 e. The second kappa shape index (κ2) is 5.83. The fourth-order valence-electron chi connectivity index (χ4n) is 2.30. The molecule has 0 aromatic heterocycles. The lowest BCUT2D eigenvalue weighted by atomic mass is 9.99. The Hall–Kier alpha value is -0.920. The molecule has 0 spiro atoms. The number of piperidine rings is 1. The van der Waals surface area contributed by atoms with Gasteiger partial charge in [-0.25, -0.2) is 8.42 Å². The van der Waals surface area contributed by atoms with Crippen molar-refractivity contribution < 1.29 is 18.3 Å². The predicted octanol–water partition coefficient (Wildman–Crippen LogP) is 2.24. The van der Waals surface area contributed by atoms with E-state index in [1.807, 2.05) is 6.92 Å². The van der Waals surface area contributed by atoms with E-state index in [0.717, 1.165) is 5.56 Å².